The Bertz CT molecular complexity index is 490. The van der Waals surface area contributed by atoms with Gasteiger partial charge in [-0.2, -0.15) is 0 Å². The monoisotopic (exact) mass is 283 g/mol. The Morgan fingerprint density at radius 1 is 1.35 bits per heavy atom. The van der Waals surface area contributed by atoms with Crippen LogP contribution in [-0.2, 0) is 9.53 Å². The first kappa shape index (κ1) is 15.9. The normalized spacial score (nSPS) is 11.8. The zero-order valence-corrected chi connectivity index (χ0v) is 11.5. The number of hydrogen-bond donors (Lipinski definition) is 1. The Kier molecular flexibility index (Phi) is 5.96. The maximum atomic E-state index is 13.6. The first-order valence-electron chi connectivity index (χ1n) is 6.42. The van der Waals surface area contributed by atoms with Crippen LogP contribution in [0.4, 0.5) is 4.39 Å². The van der Waals surface area contributed by atoms with Crippen LogP contribution in [-0.4, -0.2) is 24.6 Å². The van der Waals surface area contributed by atoms with Crippen molar-refractivity contribution in [1.29, 1.82) is 0 Å². The summed E-state index contributed by atoms with van der Waals surface area (Å²) in [7, 11) is 0. The molecule has 0 saturated carbocycles. The zero-order chi connectivity index (χ0) is 15.1. The molecule has 0 fully saturated rings. The summed E-state index contributed by atoms with van der Waals surface area (Å²) in [6.07, 6.45) is 0.377. The van der Waals surface area contributed by atoms with E-state index in [-0.39, 0.29) is 17.9 Å². The van der Waals surface area contributed by atoms with Crippen molar-refractivity contribution < 1.29 is 23.5 Å². The molecule has 5 nitrogen and oxygen atoms in total. The summed E-state index contributed by atoms with van der Waals surface area (Å²) in [5.41, 5.74) is 4.79. The van der Waals surface area contributed by atoms with Crippen LogP contribution in [0, 0.1) is 5.82 Å². The van der Waals surface area contributed by atoms with Crippen LogP contribution in [0.15, 0.2) is 18.2 Å². The highest BCUT2D eigenvalue weighted by Crippen LogP contribution is 2.19. The Morgan fingerprint density at radius 2 is 2.05 bits per heavy atom. The standard InChI is InChI=1S/C14H18FNO4/c1-3-5-12(14(18)19-4-2)20-9-6-7-10(13(16)17)11(15)8-9/h6-8,12H,3-5H2,1-2H3,(H2,16,17). The van der Waals surface area contributed by atoms with Crippen LogP contribution in [0.1, 0.15) is 37.0 Å². The largest absolute Gasteiger partial charge is 0.479 e. The number of primary amides is 1. The molecule has 20 heavy (non-hydrogen) atoms. The fourth-order valence-corrected chi connectivity index (χ4v) is 1.66. The second-order valence-corrected chi connectivity index (χ2v) is 4.15. The lowest BCUT2D eigenvalue weighted by molar-refractivity contribution is -0.151. The number of amides is 1. The van der Waals surface area contributed by atoms with Gasteiger partial charge in [0, 0.05) is 6.07 Å². The number of nitrogens with two attached hydrogens (primary N) is 1. The second kappa shape index (κ2) is 7.47. The van der Waals surface area contributed by atoms with Crippen molar-refractivity contribution in [2.24, 2.45) is 5.73 Å². The first-order valence-corrected chi connectivity index (χ1v) is 6.42. The molecule has 0 aliphatic rings. The van der Waals surface area contributed by atoms with Crippen LogP contribution < -0.4 is 10.5 Å². The van der Waals surface area contributed by atoms with Gasteiger partial charge in [0.25, 0.3) is 5.91 Å². The van der Waals surface area contributed by atoms with E-state index in [4.69, 9.17) is 15.2 Å². The number of carbonyl (C=O) groups is 2. The molecule has 0 bridgehead atoms. The molecule has 1 amide bonds. The van der Waals surface area contributed by atoms with E-state index in [0.717, 1.165) is 6.07 Å². The van der Waals surface area contributed by atoms with Crippen molar-refractivity contribution in [3.63, 3.8) is 0 Å². The van der Waals surface area contributed by atoms with E-state index < -0.39 is 23.8 Å². The van der Waals surface area contributed by atoms with Gasteiger partial charge in [0.1, 0.15) is 11.6 Å². The Morgan fingerprint density at radius 3 is 2.55 bits per heavy atom. The van der Waals surface area contributed by atoms with Gasteiger partial charge >= 0.3 is 5.97 Å². The zero-order valence-electron chi connectivity index (χ0n) is 11.5. The number of hydrogen-bond acceptors (Lipinski definition) is 4. The molecule has 0 aromatic heterocycles. The van der Waals surface area contributed by atoms with Gasteiger partial charge < -0.3 is 15.2 Å². The van der Waals surface area contributed by atoms with E-state index in [9.17, 15) is 14.0 Å². The third-order valence-electron chi connectivity index (χ3n) is 2.58. The van der Waals surface area contributed by atoms with Gasteiger partial charge in [-0.1, -0.05) is 13.3 Å². The summed E-state index contributed by atoms with van der Waals surface area (Å²) in [4.78, 5) is 22.6. The first-order chi connectivity index (χ1) is 9.49. The van der Waals surface area contributed by atoms with Gasteiger partial charge in [0.05, 0.1) is 12.2 Å². The molecule has 0 aliphatic heterocycles. The third kappa shape index (κ3) is 4.22. The molecular weight excluding hydrogens is 265 g/mol. The number of rotatable bonds is 7. The smallest absolute Gasteiger partial charge is 0.347 e. The minimum absolute atomic E-state index is 0.152. The molecule has 110 valence electrons. The van der Waals surface area contributed by atoms with E-state index in [2.05, 4.69) is 0 Å². The van der Waals surface area contributed by atoms with Gasteiger partial charge in [-0.25, -0.2) is 9.18 Å². The van der Waals surface area contributed by atoms with E-state index in [1.807, 2.05) is 6.92 Å². The average molecular weight is 283 g/mol. The maximum absolute atomic E-state index is 13.6. The summed E-state index contributed by atoms with van der Waals surface area (Å²) in [5, 5.41) is 0. The van der Waals surface area contributed by atoms with Gasteiger partial charge in [0.15, 0.2) is 6.10 Å². The lowest BCUT2D eigenvalue weighted by Crippen LogP contribution is -2.29. The highest BCUT2D eigenvalue weighted by Gasteiger charge is 2.21. The average Bonchev–Trinajstić information content (AvgIpc) is 2.38. The van der Waals surface area contributed by atoms with Gasteiger partial charge in [-0.15, -0.1) is 0 Å². The van der Waals surface area contributed by atoms with Crippen molar-refractivity contribution in [2.75, 3.05) is 6.61 Å². The van der Waals surface area contributed by atoms with Crippen LogP contribution in [0.25, 0.3) is 0 Å². The lowest BCUT2D eigenvalue weighted by atomic mass is 10.2. The maximum Gasteiger partial charge on any atom is 0.347 e. The minimum Gasteiger partial charge on any atom is -0.479 e. The van der Waals surface area contributed by atoms with Crippen LogP contribution in [0.5, 0.6) is 5.75 Å². The van der Waals surface area contributed by atoms with Crippen molar-refractivity contribution in [3.8, 4) is 5.75 Å². The van der Waals surface area contributed by atoms with E-state index in [1.54, 1.807) is 6.92 Å². The third-order valence-corrected chi connectivity index (χ3v) is 2.58. The molecule has 0 saturated heterocycles. The molecule has 2 N–H and O–H groups in total. The molecule has 1 aromatic rings. The van der Waals surface area contributed by atoms with E-state index >= 15 is 0 Å². The van der Waals surface area contributed by atoms with Crippen LogP contribution >= 0.6 is 0 Å². The van der Waals surface area contributed by atoms with Gasteiger partial charge in [-0.3, -0.25) is 4.79 Å². The molecule has 0 radical (unpaired) electrons. The minimum atomic E-state index is -0.857. The van der Waals surface area contributed by atoms with E-state index in [0.29, 0.717) is 12.8 Å². The Hall–Kier alpha value is -2.11. The quantitative estimate of drug-likeness (QED) is 0.777. The fourth-order valence-electron chi connectivity index (χ4n) is 1.66. The molecule has 6 heteroatoms. The highest BCUT2D eigenvalue weighted by atomic mass is 19.1. The topological polar surface area (TPSA) is 78.6 Å². The Balaban J connectivity index is 2.86. The van der Waals surface area contributed by atoms with Crippen LogP contribution in [0.2, 0.25) is 0 Å². The SMILES string of the molecule is CCCC(Oc1ccc(C(N)=O)c(F)c1)C(=O)OCC. The number of esters is 1. The summed E-state index contributed by atoms with van der Waals surface area (Å²) < 4.78 is 23.9. The number of carbonyl (C=O) groups excluding carboxylic acids is 2. The van der Waals surface area contributed by atoms with Crippen molar-refractivity contribution in [1.82, 2.24) is 0 Å². The summed E-state index contributed by atoms with van der Waals surface area (Å²) in [6.45, 7) is 3.84. The van der Waals surface area contributed by atoms with Crippen LogP contribution in [0.3, 0.4) is 0 Å². The predicted molar refractivity (Wildman–Crippen MR) is 70.9 cm³/mol. The molecule has 1 aromatic carbocycles. The van der Waals surface area contributed by atoms with Gasteiger partial charge in [-0.05, 0) is 25.5 Å². The number of ether oxygens (including phenoxy) is 2. The van der Waals surface area contributed by atoms with Crippen molar-refractivity contribution in [2.45, 2.75) is 32.8 Å². The summed E-state index contributed by atoms with van der Waals surface area (Å²) >= 11 is 0. The number of halogens is 1. The van der Waals surface area contributed by atoms with Crippen molar-refractivity contribution in [3.05, 3.63) is 29.6 Å². The fraction of sp³-hybridized carbons (Fsp3) is 0.429. The molecule has 0 heterocycles. The highest BCUT2D eigenvalue weighted by molar-refractivity contribution is 5.93. The summed E-state index contributed by atoms with van der Waals surface area (Å²) in [6, 6.07) is 3.65. The summed E-state index contributed by atoms with van der Waals surface area (Å²) in [5.74, 6) is -1.98. The molecule has 1 atom stereocenters. The lowest BCUT2D eigenvalue weighted by Gasteiger charge is -2.17. The molecular formula is C14H18FNO4. The molecule has 1 rings (SSSR count). The van der Waals surface area contributed by atoms with Crippen molar-refractivity contribution >= 4 is 11.9 Å². The predicted octanol–water partition coefficient (Wildman–Crippen LogP) is 2.04. The molecule has 1 unspecified atom stereocenters. The molecule has 0 aliphatic carbocycles. The Labute approximate surface area is 116 Å². The van der Waals surface area contributed by atoms with Gasteiger partial charge in [0.2, 0.25) is 0 Å². The number of benzene rings is 1. The second-order valence-electron chi connectivity index (χ2n) is 4.15. The molecule has 0 spiro atoms. The van der Waals surface area contributed by atoms with E-state index in [1.165, 1.54) is 12.1 Å².